The van der Waals surface area contributed by atoms with Crippen molar-refractivity contribution in [2.24, 2.45) is 12.5 Å². The van der Waals surface area contributed by atoms with E-state index >= 15 is 0 Å². The van der Waals surface area contributed by atoms with Crippen LogP contribution in [0.1, 0.15) is 20.8 Å². The Morgan fingerprint density at radius 1 is 1.26 bits per heavy atom. The molecule has 0 aliphatic heterocycles. The summed E-state index contributed by atoms with van der Waals surface area (Å²) in [6.07, 6.45) is 0. The average molecular weight is 334 g/mol. The number of carbonyl (C=O) groups excluding carboxylic acids is 1. The Hall–Kier alpha value is -2.22. The maximum absolute atomic E-state index is 12.0. The number of thioether (sulfide) groups is 1. The third kappa shape index (κ3) is 3.95. The predicted molar refractivity (Wildman–Crippen MR) is 88.3 cm³/mol. The Balaban J connectivity index is 2.16. The quantitative estimate of drug-likeness (QED) is 0.474. The van der Waals surface area contributed by atoms with Gasteiger partial charge in [-0.15, -0.1) is 10.2 Å². The van der Waals surface area contributed by atoms with Crippen LogP contribution in [0.15, 0.2) is 29.4 Å². The molecule has 0 bridgehead atoms. The van der Waals surface area contributed by atoms with Gasteiger partial charge in [0, 0.05) is 30.2 Å². The van der Waals surface area contributed by atoms with Gasteiger partial charge < -0.3 is 4.57 Å². The molecule has 7 nitrogen and oxygen atoms in total. The van der Waals surface area contributed by atoms with Gasteiger partial charge in [0.25, 0.3) is 5.69 Å². The summed E-state index contributed by atoms with van der Waals surface area (Å²) in [6, 6.07) is 6.13. The summed E-state index contributed by atoms with van der Waals surface area (Å²) in [5.74, 6) is 1.07. The molecule has 1 heterocycles. The van der Waals surface area contributed by atoms with Gasteiger partial charge >= 0.3 is 0 Å². The van der Waals surface area contributed by atoms with Crippen LogP contribution < -0.4 is 0 Å². The van der Waals surface area contributed by atoms with Gasteiger partial charge in [-0.25, -0.2) is 0 Å². The first kappa shape index (κ1) is 17.1. The zero-order valence-corrected chi connectivity index (χ0v) is 14.3. The van der Waals surface area contributed by atoms with E-state index in [9.17, 15) is 14.9 Å². The molecule has 0 unspecified atom stereocenters. The molecule has 1 aromatic carbocycles. The van der Waals surface area contributed by atoms with Crippen LogP contribution in [-0.2, 0) is 11.8 Å². The van der Waals surface area contributed by atoms with E-state index in [2.05, 4.69) is 10.2 Å². The molecule has 0 amide bonds. The number of hydrogen-bond donors (Lipinski definition) is 0. The first-order chi connectivity index (χ1) is 10.7. The smallest absolute Gasteiger partial charge is 0.269 e. The third-order valence-electron chi connectivity index (χ3n) is 3.34. The van der Waals surface area contributed by atoms with Crippen molar-refractivity contribution in [3.63, 3.8) is 0 Å². The molecular formula is C15H18N4O3S. The van der Waals surface area contributed by atoms with E-state index in [0.717, 1.165) is 5.56 Å². The van der Waals surface area contributed by atoms with Crippen molar-refractivity contribution in [2.75, 3.05) is 5.75 Å². The predicted octanol–water partition coefficient (Wildman–Crippen LogP) is 3.10. The second-order valence-electron chi connectivity index (χ2n) is 6.13. The minimum Gasteiger partial charge on any atom is -0.305 e. The Morgan fingerprint density at radius 3 is 2.39 bits per heavy atom. The minimum absolute atomic E-state index is 0.0290. The molecule has 0 saturated carbocycles. The normalized spacial score (nSPS) is 11.5. The summed E-state index contributed by atoms with van der Waals surface area (Å²) in [6.45, 7) is 5.65. The summed E-state index contributed by atoms with van der Waals surface area (Å²) >= 11 is 1.34. The van der Waals surface area contributed by atoms with Gasteiger partial charge in [-0.2, -0.15) is 0 Å². The van der Waals surface area contributed by atoms with E-state index in [1.807, 2.05) is 20.8 Å². The van der Waals surface area contributed by atoms with Crippen molar-refractivity contribution in [3.8, 4) is 11.4 Å². The Morgan fingerprint density at radius 2 is 1.87 bits per heavy atom. The summed E-state index contributed by atoms with van der Waals surface area (Å²) < 4.78 is 1.78. The largest absolute Gasteiger partial charge is 0.305 e. The molecule has 0 saturated heterocycles. The SMILES string of the molecule is Cn1c(SCC(=O)C(C)(C)C)nnc1-c1ccc([N+](=O)[O-])cc1. The van der Waals surface area contributed by atoms with Gasteiger partial charge in [-0.05, 0) is 12.1 Å². The van der Waals surface area contributed by atoms with E-state index in [4.69, 9.17) is 0 Å². The summed E-state index contributed by atoms with van der Waals surface area (Å²) in [5, 5.41) is 19.5. The highest BCUT2D eigenvalue weighted by molar-refractivity contribution is 7.99. The highest BCUT2D eigenvalue weighted by Gasteiger charge is 2.22. The average Bonchev–Trinajstić information content (AvgIpc) is 2.85. The number of benzene rings is 1. The van der Waals surface area contributed by atoms with Crippen molar-refractivity contribution in [1.82, 2.24) is 14.8 Å². The van der Waals surface area contributed by atoms with Crippen LogP contribution in [0.3, 0.4) is 0 Å². The standard InChI is InChI=1S/C15H18N4O3S/c1-15(2,3)12(20)9-23-14-17-16-13(18(14)4)10-5-7-11(8-6-10)19(21)22/h5-8H,9H2,1-4H3. The molecule has 2 aromatic rings. The van der Waals surface area contributed by atoms with Gasteiger partial charge in [-0.1, -0.05) is 32.5 Å². The van der Waals surface area contributed by atoms with E-state index < -0.39 is 4.92 Å². The second-order valence-corrected chi connectivity index (χ2v) is 7.07. The lowest BCUT2D eigenvalue weighted by Gasteiger charge is -2.15. The molecule has 0 atom stereocenters. The number of nitrogens with zero attached hydrogens (tertiary/aromatic N) is 4. The molecule has 0 aliphatic rings. The number of carbonyl (C=O) groups is 1. The number of rotatable bonds is 5. The lowest BCUT2D eigenvalue weighted by atomic mass is 9.92. The summed E-state index contributed by atoms with van der Waals surface area (Å²) in [4.78, 5) is 22.2. The Kier molecular flexibility index (Phi) is 4.84. The van der Waals surface area contributed by atoms with Gasteiger partial charge in [0.05, 0.1) is 10.7 Å². The third-order valence-corrected chi connectivity index (χ3v) is 4.36. The molecule has 0 fully saturated rings. The Labute approximate surface area is 138 Å². The van der Waals surface area contributed by atoms with Crippen molar-refractivity contribution >= 4 is 23.2 Å². The molecule has 122 valence electrons. The molecule has 0 aliphatic carbocycles. The lowest BCUT2D eigenvalue weighted by Crippen LogP contribution is -2.22. The summed E-state index contributed by atoms with van der Waals surface area (Å²) in [7, 11) is 1.81. The number of ketones is 1. The highest BCUT2D eigenvalue weighted by Crippen LogP contribution is 2.26. The minimum atomic E-state index is -0.445. The van der Waals surface area contributed by atoms with E-state index in [1.54, 1.807) is 23.7 Å². The van der Waals surface area contributed by atoms with Crippen molar-refractivity contribution in [2.45, 2.75) is 25.9 Å². The van der Waals surface area contributed by atoms with Crippen molar-refractivity contribution < 1.29 is 9.72 Å². The Bertz CT molecular complexity index is 732. The van der Waals surface area contributed by atoms with E-state index in [-0.39, 0.29) is 16.9 Å². The van der Waals surface area contributed by atoms with Crippen LogP contribution in [-0.4, -0.2) is 31.2 Å². The maximum Gasteiger partial charge on any atom is 0.269 e. The van der Waals surface area contributed by atoms with Crippen LogP contribution in [0.4, 0.5) is 5.69 Å². The van der Waals surface area contributed by atoms with Gasteiger partial charge in [-0.3, -0.25) is 14.9 Å². The van der Waals surface area contributed by atoms with Crippen molar-refractivity contribution in [3.05, 3.63) is 34.4 Å². The number of aromatic nitrogens is 3. The number of non-ortho nitro benzene ring substituents is 1. The molecule has 1 aromatic heterocycles. The summed E-state index contributed by atoms with van der Waals surface area (Å²) in [5.41, 5.74) is 0.383. The lowest BCUT2D eigenvalue weighted by molar-refractivity contribution is -0.384. The maximum atomic E-state index is 12.0. The number of Topliss-reactive ketones (excluding diaryl/α,β-unsaturated/α-hetero) is 1. The first-order valence-electron chi connectivity index (χ1n) is 7.00. The van der Waals surface area contributed by atoms with Crippen LogP contribution in [0.5, 0.6) is 0 Å². The molecule has 23 heavy (non-hydrogen) atoms. The zero-order chi connectivity index (χ0) is 17.2. The van der Waals surface area contributed by atoms with E-state index in [1.165, 1.54) is 23.9 Å². The van der Waals surface area contributed by atoms with Crippen LogP contribution in [0, 0.1) is 15.5 Å². The fourth-order valence-electron chi connectivity index (χ4n) is 1.77. The first-order valence-corrected chi connectivity index (χ1v) is 7.99. The molecule has 8 heteroatoms. The van der Waals surface area contributed by atoms with Gasteiger partial charge in [0.2, 0.25) is 0 Å². The van der Waals surface area contributed by atoms with Crippen LogP contribution in [0.2, 0.25) is 0 Å². The fraction of sp³-hybridized carbons (Fsp3) is 0.400. The zero-order valence-electron chi connectivity index (χ0n) is 13.4. The monoisotopic (exact) mass is 334 g/mol. The second kappa shape index (κ2) is 6.49. The number of nitro benzene ring substituents is 1. The van der Waals surface area contributed by atoms with Crippen molar-refractivity contribution in [1.29, 1.82) is 0 Å². The molecule has 0 N–H and O–H groups in total. The molecular weight excluding hydrogens is 316 g/mol. The molecule has 2 rings (SSSR count). The van der Waals surface area contributed by atoms with E-state index in [0.29, 0.717) is 16.7 Å². The molecule has 0 spiro atoms. The van der Waals surface area contributed by atoms with Crippen LogP contribution in [0.25, 0.3) is 11.4 Å². The molecule has 0 radical (unpaired) electrons. The van der Waals surface area contributed by atoms with Gasteiger partial charge in [0.15, 0.2) is 11.0 Å². The fourth-order valence-corrected chi connectivity index (χ4v) is 2.84. The van der Waals surface area contributed by atoms with Gasteiger partial charge in [0.1, 0.15) is 5.78 Å². The number of nitro groups is 1. The topological polar surface area (TPSA) is 90.9 Å². The highest BCUT2D eigenvalue weighted by atomic mass is 32.2. The number of hydrogen-bond acceptors (Lipinski definition) is 6. The van der Waals surface area contributed by atoms with Crippen LogP contribution >= 0.6 is 11.8 Å².